The van der Waals surface area contributed by atoms with Crippen LogP contribution in [-0.4, -0.2) is 12.4 Å². The van der Waals surface area contributed by atoms with Crippen molar-refractivity contribution >= 4 is 5.78 Å². The van der Waals surface area contributed by atoms with E-state index in [1.165, 1.54) is 19.3 Å². The van der Waals surface area contributed by atoms with Crippen LogP contribution in [0.15, 0.2) is 18.2 Å². The molecule has 1 aromatic rings. The van der Waals surface area contributed by atoms with E-state index in [9.17, 15) is 4.79 Å². The second-order valence-corrected chi connectivity index (χ2v) is 8.36. The smallest absolute Gasteiger partial charge is 0.165 e. The van der Waals surface area contributed by atoms with Crippen LogP contribution in [0.4, 0.5) is 0 Å². The molecule has 0 bridgehead atoms. The third-order valence-corrected chi connectivity index (χ3v) is 4.62. The van der Waals surface area contributed by atoms with Gasteiger partial charge in [0.05, 0.1) is 6.61 Å². The summed E-state index contributed by atoms with van der Waals surface area (Å²) in [5.74, 6) is 1.96. The zero-order chi connectivity index (χ0) is 17.0. The lowest BCUT2D eigenvalue weighted by atomic mass is 9.81. The third-order valence-electron chi connectivity index (χ3n) is 4.62. The minimum absolute atomic E-state index is 0.0326. The van der Waals surface area contributed by atoms with Gasteiger partial charge in [0.15, 0.2) is 5.78 Å². The van der Waals surface area contributed by atoms with Crippen LogP contribution in [0.2, 0.25) is 0 Å². The SMILES string of the molecule is CC(C)COc1ccc(C(=O)C2CCCCC2)cc1C(C)(C)C. The lowest BCUT2D eigenvalue weighted by Gasteiger charge is -2.25. The van der Waals surface area contributed by atoms with E-state index in [-0.39, 0.29) is 11.3 Å². The van der Waals surface area contributed by atoms with Crippen molar-refractivity contribution in [1.82, 2.24) is 0 Å². The molecular weight excluding hydrogens is 284 g/mol. The summed E-state index contributed by atoms with van der Waals surface area (Å²) < 4.78 is 5.99. The van der Waals surface area contributed by atoms with Gasteiger partial charge in [-0.15, -0.1) is 0 Å². The third kappa shape index (κ3) is 4.83. The summed E-state index contributed by atoms with van der Waals surface area (Å²) in [5.41, 5.74) is 1.97. The van der Waals surface area contributed by atoms with E-state index in [1.54, 1.807) is 0 Å². The molecule has 1 aliphatic carbocycles. The number of hydrogen-bond acceptors (Lipinski definition) is 2. The Morgan fingerprint density at radius 3 is 2.39 bits per heavy atom. The lowest BCUT2D eigenvalue weighted by molar-refractivity contribution is 0.0889. The minimum Gasteiger partial charge on any atom is -0.493 e. The van der Waals surface area contributed by atoms with E-state index < -0.39 is 0 Å². The van der Waals surface area contributed by atoms with Gasteiger partial charge in [-0.25, -0.2) is 0 Å². The van der Waals surface area contributed by atoms with E-state index in [1.807, 2.05) is 12.1 Å². The fourth-order valence-electron chi connectivity index (χ4n) is 3.25. The Bertz CT molecular complexity index is 531. The number of ether oxygens (including phenoxy) is 1. The molecule has 1 fully saturated rings. The number of ketones is 1. The molecule has 0 heterocycles. The van der Waals surface area contributed by atoms with Crippen LogP contribution < -0.4 is 4.74 Å². The quantitative estimate of drug-likeness (QED) is 0.643. The van der Waals surface area contributed by atoms with Crippen LogP contribution in [0.5, 0.6) is 5.75 Å². The molecule has 0 spiro atoms. The maximum absolute atomic E-state index is 12.8. The monoisotopic (exact) mass is 316 g/mol. The van der Waals surface area contributed by atoms with Crippen LogP contribution in [0.25, 0.3) is 0 Å². The van der Waals surface area contributed by atoms with Crippen molar-refractivity contribution in [2.75, 3.05) is 6.61 Å². The molecule has 1 saturated carbocycles. The van der Waals surface area contributed by atoms with Gasteiger partial charge in [0.2, 0.25) is 0 Å². The number of rotatable bonds is 5. The molecule has 0 N–H and O–H groups in total. The highest BCUT2D eigenvalue weighted by Gasteiger charge is 2.25. The van der Waals surface area contributed by atoms with Crippen molar-refractivity contribution in [3.8, 4) is 5.75 Å². The summed E-state index contributed by atoms with van der Waals surface area (Å²) in [4.78, 5) is 12.8. The van der Waals surface area contributed by atoms with Crippen LogP contribution in [0.3, 0.4) is 0 Å². The molecule has 1 aromatic carbocycles. The van der Waals surface area contributed by atoms with E-state index >= 15 is 0 Å². The molecule has 0 unspecified atom stereocenters. The summed E-state index contributed by atoms with van der Waals surface area (Å²) in [7, 11) is 0. The predicted molar refractivity (Wildman–Crippen MR) is 96.4 cm³/mol. The van der Waals surface area contributed by atoms with Gasteiger partial charge in [-0.2, -0.15) is 0 Å². The van der Waals surface area contributed by atoms with E-state index in [0.717, 1.165) is 29.7 Å². The number of hydrogen-bond donors (Lipinski definition) is 0. The molecule has 128 valence electrons. The molecule has 0 aromatic heterocycles. The highest BCUT2D eigenvalue weighted by molar-refractivity contribution is 5.98. The molecule has 2 nitrogen and oxygen atoms in total. The van der Waals surface area contributed by atoms with E-state index in [4.69, 9.17) is 4.74 Å². The normalized spacial score (nSPS) is 16.6. The first-order valence-corrected chi connectivity index (χ1v) is 9.10. The zero-order valence-electron chi connectivity index (χ0n) is 15.4. The van der Waals surface area contributed by atoms with E-state index in [0.29, 0.717) is 18.3 Å². The Morgan fingerprint density at radius 2 is 1.83 bits per heavy atom. The summed E-state index contributed by atoms with van der Waals surface area (Å²) in [6.45, 7) is 11.5. The van der Waals surface area contributed by atoms with Gasteiger partial charge in [-0.1, -0.05) is 53.9 Å². The van der Waals surface area contributed by atoms with Crippen molar-refractivity contribution in [2.24, 2.45) is 11.8 Å². The molecule has 0 aliphatic heterocycles. The van der Waals surface area contributed by atoms with Gasteiger partial charge in [0, 0.05) is 17.0 Å². The zero-order valence-corrected chi connectivity index (χ0v) is 15.4. The van der Waals surface area contributed by atoms with Crippen molar-refractivity contribution in [2.45, 2.75) is 72.1 Å². The Kier molecular flexibility index (Phi) is 5.89. The molecule has 2 heteroatoms. The van der Waals surface area contributed by atoms with Crippen LogP contribution in [-0.2, 0) is 5.41 Å². The van der Waals surface area contributed by atoms with Gasteiger partial charge in [0.1, 0.15) is 5.75 Å². The lowest BCUT2D eigenvalue weighted by Crippen LogP contribution is -2.20. The summed E-state index contributed by atoms with van der Waals surface area (Å²) >= 11 is 0. The van der Waals surface area contributed by atoms with Gasteiger partial charge < -0.3 is 4.74 Å². The molecule has 23 heavy (non-hydrogen) atoms. The van der Waals surface area contributed by atoms with Crippen molar-refractivity contribution in [1.29, 1.82) is 0 Å². The Morgan fingerprint density at radius 1 is 1.17 bits per heavy atom. The summed E-state index contributed by atoms with van der Waals surface area (Å²) in [6.07, 6.45) is 5.76. The summed E-state index contributed by atoms with van der Waals surface area (Å²) in [6, 6.07) is 6.04. The molecule has 1 aliphatic rings. The fraction of sp³-hybridized carbons (Fsp3) is 0.667. The highest BCUT2D eigenvalue weighted by Crippen LogP contribution is 2.34. The molecule has 0 atom stereocenters. The molecular formula is C21H32O2. The second kappa shape index (κ2) is 7.51. The average Bonchev–Trinajstić information content (AvgIpc) is 2.52. The number of benzene rings is 1. The first-order chi connectivity index (χ1) is 10.8. The minimum atomic E-state index is -0.0326. The molecule has 0 saturated heterocycles. The van der Waals surface area contributed by atoms with Crippen LogP contribution in [0.1, 0.15) is 82.6 Å². The number of carbonyl (C=O) groups is 1. The molecule has 0 amide bonds. The van der Waals surface area contributed by atoms with E-state index in [2.05, 4.69) is 40.7 Å². The van der Waals surface area contributed by atoms with Crippen molar-refractivity contribution < 1.29 is 9.53 Å². The van der Waals surface area contributed by atoms with Gasteiger partial charge in [-0.3, -0.25) is 4.79 Å². The standard InChI is InChI=1S/C21H32O2/c1-15(2)14-23-19-12-11-17(13-18(19)21(3,4)5)20(22)16-9-7-6-8-10-16/h11-13,15-16H,6-10,14H2,1-5H3. The van der Waals surface area contributed by atoms with Crippen LogP contribution >= 0.6 is 0 Å². The Balaban J connectivity index is 2.26. The maximum Gasteiger partial charge on any atom is 0.165 e. The Labute approximate surface area is 141 Å². The first kappa shape index (κ1) is 18.0. The van der Waals surface area contributed by atoms with Crippen molar-refractivity contribution in [3.05, 3.63) is 29.3 Å². The van der Waals surface area contributed by atoms with Gasteiger partial charge in [-0.05, 0) is 42.4 Å². The Hall–Kier alpha value is -1.31. The van der Waals surface area contributed by atoms with Crippen molar-refractivity contribution in [3.63, 3.8) is 0 Å². The van der Waals surface area contributed by atoms with Gasteiger partial charge in [0.25, 0.3) is 0 Å². The summed E-state index contributed by atoms with van der Waals surface area (Å²) in [5, 5.41) is 0. The first-order valence-electron chi connectivity index (χ1n) is 9.10. The largest absolute Gasteiger partial charge is 0.493 e. The predicted octanol–water partition coefficient (Wildman–Crippen LogP) is 5.78. The topological polar surface area (TPSA) is 26.3 Å². The van der Waals surface area contributed by atoms with Gasteiger partial charge >= 0.3 is 0 Å². The molecule has 2 rings (SSSR count). The maximum atomic E-state index is 12.8. The molecule has 0 radical (unpaired) electrons. The highest BCUT2D eigenvalue weighted by atomic mass is 16.5. The van der Waals surface area contributed by atoms with Crippen LogP contribution in [0, 0.1) is 11.8 Å². The second-order valence-electron chi connectivity index (χ2n) is 8.36. The number of Topliss-reactive ketones (excluding diaryl/α,β-unsaturated/α-hetero) is 1. The average molecular weight is 316 g/mol. The number of carbonyl (C=O) groups excluding carboxylic acids is 1. The fourth-order valence-corrected chi connectivity index (χ4v) is 3.25.